The van der Waals surface area contributed by atoms with Crippen LogP contribution in [0.3, 0.4) is 0 Å². The molecule has 66 valence electrons. The van der Waals surface area contributed by atoms with Crippen molar-refractivity contribution in [1.29, 1.82) is 0 Å². The minimum atomic E-state index is -0.265. The third kappa shape index (κ3) is 1.03. The molecular formula is C10H13ClO. The first-order valence-electron chi connectivity index (χ1n) is 4.51. The Morgan fingerprint density at radius 2 is 2.25 bits per heavy atom. The molecule has 3 rings (SSSR count). The van der Waals surface area contributed by atoms with Crippen molar-refractivity contribution in [2.75, 3.05) is 0 Å². The van der Waals surface area contributed by atoms with E-state index in [4.69, 9.17) is 11.6 Å². The number of carbonyl (C=O) groups is 1. The molecule has 1 nitrogen and oxygen atoms in total. The molecular weight excluding hydrogens is 172 g/mol. The molecule has 2 heteroatoms. The van der Waals surface area contributed by atoms with Gasteiger partial charge in [0.15, 0.2) is 0 Å². The van der Waals surface area contributed by atoms with E-state index in [9.17, 15) is 4.79 Å². The molecule has 3 atom stereocenters. The Bertz CT molecular complexity index is 246. The average Bonchev–Trinajstić information content (AvgIpc) is 2.05. The summed E-state index contributed by atoms with van der Waals surface area (Å²) in [6, 6.07) is 0. The van der Waals surface area contributed by atoms with Gasteiger partial charge in [0.1, 0.15) is 0 Å². The van der Waals surface area contributed by atoms with Crippen molar-refractivity contribution in [3.05, 3.63) is 12.2 Å². The molecule has 0 aromatic heterocycles. The van der Waals surface area contributed by atoms with Crippen LogP contribution in [0.5, 0.6) is 0 Å². The molecule has 0 amide bonds. The van der Waals surface area contributed by atoms with Crippen molar-refractivity contribution in [2.24, 2.45) is 17.3 Å². The van der Waals surface area contributed by atoms with E-state index in [0.29, 0.717) is 11.8 Å². The fraction of sp³-hybridized carbons (Fsp3) is 0.700. The number of fused-ring (bicyclic) bond motifs is 2. The number of rotatable bonds is 1. The highest BCUT2D eigenvalue weighted by molar-refractivity contribution is 6.64. The summed E-state index contributed by atoms with van der Waals surface area (Å²) in [7, 11) is 0. The largest absolute Gasteiger partial charge is 0.281 e. The lowest BCUT2D eigenvalue weighted by molar-refractivity contribution is -0.124. The Morgan fingerprint density at radius 1 is 1.50 bits per heavy atom. The van der Waals surface area contributed by atoms with Gasteiger partial charge in [-0.1, -0.05) is 19.1 Å². The van der Waals surface area contributed by atoms with Crippen LogP contribution in [0.2, 0.25) is 0 Å². The Morgan fingerprint density at radius 3 is 2.50 bits per heavy atom. The average molecular weight is 185 g/mol. The highest BCUT2D eigenvalue weighted by atomic mass is 35.5. The van der Waals surface area contributed by atoms with E-state index in [-0.39, 0.29) is 10.7 Å². The lowest BCUT2D eigenvalue weighted by atomic mass is 9.61. The van der Waals surface area contributed by atoms with Gasteiger partial charge in [0.2, 0.25) is 5.24 Å². The second-order valence-corrected chi connectivity index (χ2v) is 4.57. The van der Waals surface area contributed by atoms with E-state index in [1.807, 2.05) is 6.92 Å². The maximum Gasteiger partial charge on any atom is 0.228 e. The van der Waals surface area contributed by atoms with Gasteiger partial charge in [-0.3, -0.25) is 4.79 Å². The first-order chi connectivity index (χ1) is 5.63. The molecule has 0 aromatic carbocycles. The molecule has 0 saturated heterocycles. The van der Waals surface area contributed by atoms with Crippen molar-refractivity contribution in [3.63, 3.8) is 0 Å². The third-order valence-electron chi connectivity index (χ3n) is 3.42. The number of hydrogen-bond donors (Lipinski definition) is 0. The Balaban J connectivity index is 2.31. The van der Waals surface area contributed by atoms with Crippen molar-refractivity contribution in [2.45, 2.75) is 26.2 Å². The highest BCUT2D eigenvalue weighted by Crippen LogP contribution is 2.49. The van der Waals surface area contributed by atoms with Crippen LogP contribution in [0, 0.1) is 17.3 Å². The van der Waals surface area contributed by atoms with Crippen molar-refractivity contribution in [1.82, 2.24) is 0 Å². The SMILES string of the molecule is CC1(C(=O)Cl)CC2C=CC1CC2. The zero-order chi connectivity index (χ0) is 8.77. The van der Waals surface area contributed by atoms with E-state index < -0.39 is 0 Å². The molecule has 0 aromatic rings. The maximum atomic E-state index is 11.2. The standard InChI is InChI=1S/C10H13ClO/c1-10(9(11)12)6-7-2-4-8(10)5-3-7/h2,4,7-8H,3,5-6H2,1H3. The van der Waals surface area contributed by atoms with Crippen molar-refractivity contribution < 1.29 is 4.79 Å². The molecule has 0 heterocycles. The summed E-state index contributed by atoms with van der Waals surface area (Å²) in [4.78, 5) is 11.2. The van der Waals surface area contributed by atoms with Crippen molar-refractivity contribution in [3.8, 4) is 0 Å². The van der Waals surface area contributed by atoms with Crippen LogP contribution in [0.25, 0.3) is 0 Å². The highest BCUT2D eigenvalue weighted by Gasteiger charge is 2.45. The van der Waals surface area contributed by atoms with E-state index in [1.54, 1.807) is 0 Å². The minimum Gasteiger partial charge on any atom is -0.281 e. The Kier molecular flexibility index (Phi) is 1.80. The monoisotopic (exact) mass is 184 g/mol. The molecule has 1 saturated carbocycles. The van der Waals surface area contributed by atoms with Gasteiger partial charge in [0.25, 0.3) is 0 Å². The van der Waals surface area contributed by atoms with Gasteiger partial charge in [-0.05, 0) is 42.7 Å². The topological polar surface area (TPSA) is 17.1 Å². The number of hydrogen-bond acceptors (Lipinski definition) is 1. The van der Waals surface area contributed by atoms with Crippen LogP contribution in [0.1, 0.15) is 26.2 Å². The van der Waals surface area contributed by atoms with Gasteiger partial charge >= 0.3 is 0 Å². The van der Waals surface area contributed by atoms with E-state index in [2.05, 4.69) is 12.2 Å². The fourth-order valence-electron chi connectivity index (χ4n) is 2.50. The van der Waals surface area contributed by atoms with Gasteiger partial charge in [-0.25, -0.2) is 0 Å². The number of carbonyl (C=O) groups excluding carboxylic acids is 1. The van der Waals surface area contributed by atoms with Gasteiger partial charge in [0.05, 0.1) is 0 Å². The van der Waals surface area contributed by atoms with E-state index in [1.165, 1.54) is 6.42 Å². The molecule has 0 N–H and O–H groups in total. The van der Waals surface area contributed by atoms with Gasteiger partial charge in [0, 0.05) is 5.41 Å². The second-order valence-electron chi connectivity index (χ2n) is 4.22. The molecule has 0 aliphatic heterocycles. The van der Waals surface area contributed by atoms with E-state index in [0.717, 1.165) is 12.8 Å². The third-order valence-corrected chi connectivity index (χ3v) is 3.85. The van der Waals surface area contributed by atoms with Crippen molar-refractivity contribution >= 4 is 16.8 Å². The second kappa shape index (κ2) is 2.59. The van der Waals surface area contributed by atoms with Crippen LogP contribution >= 0.6 is 11.6 Å². The molecule has 0 spiro atoms. The molecule has 1 fully saturated rings. The van der Waals surface area contributed by atoms with Gasteiger partial charge in [-0.15, -0.1) is 0 Å². The summed E-state index contributed by atoms with van der Waals surface area (Å²) < 4.78 is 0. The lowest BCUT2D eigenvalue weighted by Gasteiger charge is -2.43. The quantitative estimate of drug-likeness (QED) is 0.453. The molecule has 3 aliphatic carbocycles. The summed E-state index contributed by atoms with van der Waals surface area (Å²) in [5, 5.41) is -0.151. The van der Waals surface area contributed by atoms with Crippen LogP contribution in [0.4, 0.5) is 0 Å². The molecule has 2 bridgehead atoms. The predicted octanol–water partition coefficient (Wildman–Crippen LogP) is 2.74. The zero-order valence-electron chi connectivity index (χ0n) is 7.22. The van der Waals surface area contributed by atoms with Crippen LogP contribution in [0.15, 0.2) is 12.2 Å². The molecule has 0 radical (unpaired) electrons. The number of allylic oxidation sites excluding steroid dienone is 2. The smallest absolute Gasteiger partial charge is 0.228 e. The summed E-state index contributed by atoms with van der Waals surface area (Å²) >= 11 is 5.62. The van der Waals surface area contributed by atoms with Gasteiger partial charge < -0.3 is 0 Å². The Hall–Kier alpha value is -0.300. The van der Waals surface area contributed by atoms with E-state index >= 15 is 0 Å². The first-order valence-corrected chi connectivity index (χ1v) is 4.89. The summed E-state index contributed by atoms with van der Waals surface area (Å²) in [5.41, 5.74) is -0.265. The van der Waals surface area contributed by atoms with Crippen LogP contribution < -0.4 is 0 Å². The van der Waals surface area contributed by atoms with Crippen LogP contribution in [-0.4, -0.2) is 5.24 Å². The number of halogens is 1. The summed E-state index contributed by atoms with van der Waals surface area (Å²) in [6.45, 7) is 2.00. The lowest BCUT2D eigenvalue weighted by Crippen LogP contribution is -2.40. The van der Waals surface area contributed by atoms with Crippen LogP contribution in [-0.2, 0) is 4.79 Å². The normalized spacial score (nSPS) is 44.8. The molecule has 3 unspecified atom stereocenters. The first kappa shape index (κ1) is 8.31. The molecule has 3 aliphatic rings. The summed E-state index contributed by atoms with van der Waals surface area (Å²) in [6.07, 6.45) is 7.75. The maximum absolute atomic E-state index is 11.2. The predicted molar refractivity (Wildman–Crippen MR) is 48.9 cm³/mol. The van der Waals surface area contributed by atoms with Gasteiger partial charge in [-0.2, -0.15) is 0 Å². The minimum absolute atomic E-state index is 0.151. The summed E-state index contributed by atoms with van der Waals surface area (Å²) in [5.74, 6) is 0.996. The zero-order valence-corrected chi connectivity index (χ0v) is 7.97. The fourth-order valence-corrected chi connectivity index (χ4v) is 2.72. The Labute approximate surface area is 77.8 Å². The molecule has 12 heavy (non-hydrogen) atoms.